The van der Waals surface area contributed by atoms with Crippen LogP contribution < -0.4 is 4.74 Å². The zero-order valence-electron chi connectivity index (χ0n) is 12.5. The molecule has 0 aliphatic carbocycles. The van der Waals surface area contributed by atoms with Crippen LogP contribution in [0.5, 0.6) is 5.75 Å². The van der Waals surface area contributed by atoms with Gasteiger partial charge in [0.1, 0.15) is 12.4 Å². The Labute approximate surface area is 126 Å². The number of aliphatic hydroxyl groups is 1. The lowest BCUT2D eigenvalue weighted by Crippen LogP contribution is -2.11. The summed E-state index contributed by atoms with van der Waals surface area (Å²) in [5.74, 6) is 0.711. The fourth-order valence-electron chi connectivity index (χ4n) is 2.30. The van der Waals surface area contributed by atoms with Crippen molar-refractivity contribution in [1.29, 1.82) is 0 Å². The summed E-state index contributed by atoms with van der Waals surface area (Å²) in [7, 11) is 1.64. The molecule has 0 aliphatic rings. The highest BCUT2D eigenvalue weighted by Crippen LogP contribution is 2.35. The van der Waals surface area contributed by atoms with Crippen LogP contribution in [-0.4, -0.2) is 25.4 Å². The van der Waals surface area contributed by atoms with E-state index in [4.69, 9.17) is 9.47 Å². The van der Waals surface area contributed by atoms with Crippen molar-refractivity contribution in [2.75, 3.05) is 20.3 Å². The second kappa shape index (κ2) is 7.81. The fourth-order valence-corrected chi connectivity index (χ4v) is 2.30. The maximum atomic E-state index is 10.7. The molecule has 0 saturated heterocycles. The maximum absolute atomic E-state index is 10.7. The van der Waals surface area contributed by atoms with Crippen molar-refractivity contribution in [3.05, 3.63) is 65.7 Å². The van der Waals surface area contributed by atoms with Gasteiger partial charge >= 0.3 is 0 Å². The number of ether oxygens (including phenoxy) is 2. The minimum atomic E-state index is -0.605. The average Bonchev–Trinajstić information content (AvgIpc) is 2.55. The first kappa shape index (κ1) is 15.5. The van der Waals surface area contributed by atoms with Gasteiger partial charge < -0.3 is 14.6 Å². The first-order valence-electron chi connectivity index (χ1n) is 7.17. The van der Waals surface area contributed by atoms with Gasteiger partial charge in [-0.3, -0.25) is 0 Å². The Hall–Kier alpha value is -1.84. The molecular weight excluding hydrogens is 264 g/mol. The molecule has 0 saturated carbocycles. The number of benzene rings is 2. The van der Waals surface area contributed by atoms with Crippen molar-refractivity contribution < 1.29 is 14.6 Å². The lowest BCUT2D eigenvalue weighted by atomic mass is 9.90. The molecule has 0 aromatic heterocycles. The van der Waals surface area contributed by atoms with E-state index < -0.39 is 6.10 Å². The number of methoxy groups -OCH3 is 1. The molecule has 0 aliphatic heterocycles. The summed E-state index contributed by atoms with van der Waals surface area (Å²) in [6.07, 6.45) is -0.605. The number of hydrogen-bond acceptors (Lipinski definition) is 3. The highest BCUT2D eigenvalue weighted by Gasteiger charge is 2.21. The fraction of sp³-hybridized carbons (Fsp3) is 0.333. The molecule has 0 fully saturated rings. The largest absolute Gasteiger partial charge is 0.491 e. The quantitative estimate of drug-likeness (QED) is 0.791. The van der Waals surface area contributed by atoms with Crippen LogP contribution in [0, 0.1) is 0 Å². The third-order valence-electron chi connectivity index (χ3n) is 3.58. The van der Waals surface area contributed by atoms with Gasteiger partial charge in [-0.1, -0.05) is 55.5 Å². The minimum Gasteiger partial charge on any atom is -0.491 e. The molecular formula is C18H22O3. The van der Waals surface area contributed by atoms with Crippen LogP contribution in [0.3, 0.4) is 0 Å². The van der Waals surface area contributed by atoms with Crippen LogP contribution >= 0.6 is 0 Å². The molecule has 3 heteroatoms. The third-order valence-corrected chi connectivity index (χ3v) is 3.58. The van der Waals surface area contributed by atoms with Crippen LogP contribution in [0.1, 0.15) is 30.1 Å². The number of rotatable bonds is 7. The molecule has 0 heterocycles. The molecule has 2 unspecified atom stereocenters. The lowest BCUT2D eigenvalue weighted by molar-refractivity contribution is 0.130. The molecule has 2 atom stereocenters. The van der Waals surface area contributed by atoms with E-state index in [1.54, 1.807) is 7.11 Å². The Morgan fingerprint density at radius 2 is 1.62 bits per heavy atom. The Bertz CT molecular complexity index is 539. The zero-order chi connectivity index (χ0) is 15.1. The monoisotopic (exact) mass is 286 g/mol. The summed E-state index contributed by atoms with van der Waals surface area (Å²) in [6.45, 7) is 3.02. The molecule has 0 spiro atoms. The second-order valence-corrected chi connectivity index (χ2v) is 5.02. The topological polar surface area (TPSA) is 38.7 Å². The van der Waals surface area contributed by atoms with Crippen molar-refractivity contribution in [1.82, 2.24) is 0 Å². The van der Waals surface area contributed by atoms with Crippen molar-refractivity contribution in [2.24, 2.45) is 0 Å². The van der Waals surface area contributed by atoms with Crippen LogP contribution in [-0.2, 0) is 4.74 Å². The zero-order valence-corrected chi connectivity index (χ0v) is 12.5. The molecule has 0 radical (unpaired) electrons. The van der Waals surface area contributed by atoms with Crippen LogP contribution in [0.15, 0.2) is 54.6 Å². The summed E-state index contributed by atoms with van der Waals surface area (Å²) in [4.78, 5) is 0. The van der Waals surface area contributed by atoms with Crippen molar-refractivity contribution in [3.63, 3.8) is 0 Å². The molecule has 3 nitrogen and oxygen atoms in total. The summed E-state index contributed by atoms with van der Waals surface area (Å²) in [5.41, 5.74) is 1.92. The highest BCUT2D eigenvalue weighted by atomic mass is 16.5. The summed E-state index contributed by atoms with van der Waals surface area (Å²) in [5, 5.41) is 10.7. The molecule has 2 aromatic carbocycles. The van der Waals surface area contributed by atoms with Crippen LogP contribution in [0.25, 0.3) is 0 Å². The van der Waals surface area contributed by atoms with Crippen LogP contribution in [0.4, 0.5) is 0 Å². The van der Waals surface area contributed by atoms with Crippen molar-refractivity contribution in [2.45, 2.75) is 18.9 Å². The Morgan fingerprint density at radius 3 is 2.33 bits per heavy atom. The van der Waals surface area contributed by atoms with Gasteiger partial charge in [0.05, 0.1) is 12.7 Å². The Kier molecular flexibility index (Phi) is 5.78. The van der Waals surface area contributed by atoms with E-state index in [1.165, 1.54) is 0 Å². The van der Waals surface area contributed by atoms with E-state index in [9.17, 15) is 5.11 Å². The Balaban J connectivity index is 2.16. The predicted molar refractivity (Wildman–Crippen MR) is 83.6 cm³/mol. The maximum Gasteiger partial charge on any atom is 0.125 e. The first-order chi connectivity index (χ1) is 10.2. The normalized spacial score (nSPS) is 13.7. The summed E-state index contributed by atoms with van der Waals surface area (Å²) >= 11 is 0. The van der Waals surface area contributed by atoms with Gasteiger partial charge in [0, 0.05) is 18.6 Å². The van der Waals surface area contributed by atoms with Crippen molar-refractivity contribution >= 4 is 0 Å². The SMILES string of the molecule is COCCOc1ccccc1C(O)C(C)c1ccccc1. The smallest absolute Gasteiger partial charge is 0.125 e. The van der Waals surface area contributed by atoms with Gasteiger partial charge in [-0.05, 0) is 11.6 Å². The molecule has 1 N–H and O–H groups in total. The van der Waals surface area contributed by atoms with Gasteiger partial charge in [0.25, 0.3) is 0 Å². The van der Waals surface area contributed by atoms with Gasteiger partial charge in [-0.2, -0.15) is 0 Å². The number of hydrogen-bond donors (Lipinski definition) is 1. The molecule has 2 aromatic rings. The second-order valence-electron chi connectivity index (χ2n) is 5.02. The van der Waals surface area contributed by atoms with Gasteiger partial charge in [0.15, 0.2) is 0 Å². The van der Waals surface area contributed by atoms with Gasteiger partial charge in [-0.15, -0.1) is 0 Å². The van der Waals surface area contributed by atoms with E-state index in [1.807, 2.05) is 61.5 Å². The lowest BCUT2D eigenvalue weighted by Gasteiger charge is -2.22. The van der Waals surface area contributed by atoms with E-state index in [-0.39, 0.29) is 5.92 Å². The predicted octanol–water partition coefficient (Wildman–Crippen LogP) is 3.55. The number of para-hydroxylation sites is 1. The molecule has 112 valence electrons. The van der Waals surface area contributed by atoms with E-state index in [0.29, 0.717) is 19.0 Å². The minimum absolute atomic E-state index is 0.00150. The molecule has 21 heavy (non-hydrogen) atoms. The standard InChI is InChI=1S/C18H22O3/c1-14(15-8-4-3-5-9-15)18(19)16-10-6-7-11-17(16)21-13-12-20-2/h3-11,14,18-19H,12-13H2,1-2H3. The first-order valence-corrected chi connectivity index (χ1v) is 7.17. The van der Waals surface area contributed by atoms with E-state index in [0.717, 1.165) is 11.1 Å². The summed E-state index contributed by atoms with van der Waals surface area (Å²) < 4.78 is 10.7. The van der Waals surface area contributed by atoms with Gasteiger partial charge in [-0.25, -0.2) is 0 Å². The van der Waals surface area contributed by atoms with E-state index >= 15 is 0 Å². The van der Waals surface area contributed by atoms with Gasteiger partial charge in [0.2, 0.25) is 0 Å². The highest BCUT2D eigenvalue weighted by molar-refractivity contribution is 5.37. The molecule has 0 bridgehead atoms. The van der Waals surface area contributed by atoms with Crippen molar-refractivity contribution in [3.8, 4) is 5.75 Å². The third kappa shape index (κ3) is 4.06. The molecule has 2 rings (SSSR count). The average molecular weight is 286 g/mol. The molecule has 0 amide bonds. The Morgan fingerprint density at radius 1 is 0.952 bits per heavy atom. The summed E-state index contributed by atoms with van der Waals surface area (Å²) in [6, 6.07) is 17.6. The number of aliphatic hydroxyl groups excluding tert-OH is 1. The van der Waals surface area contributed by atoms with E-state index in [2.05, 4.69) is 0 Å². The van der Waals surface area contributed by atoms with Crippen LogP contribution in [0.2, 0.25) is 0 Å².